The van der Waals surface area contributed by atoms with Crippen LogP contribution in [0.3, 0.4) is 0 Å². The van der Waals surface area contributed by atoms with Crippen molar-refractivity contribution in [3.8, 4) is 5.75 Å². The van der Waals surface area contributed by atoms with E-state index in [1.807, 2.05) is 24.3 Å². The molecule has 0 aliphatic heterocycles. The maximum absolute atomic E-state index is 12.0. The summed E-state index contributed by atoms with van der Waals surface area (Å²) in [4.78, 5) is 23.5. The molecule has 0 aliphatic rings. The Labute approximate surface area is 171 Å². The zero-order valence-corrected chi connectivity index (χ0v) is 17.2. The number of methoxy groups -OCH3 is 1. The second kappa shape index (κ2) is 13.3. The maximum atomic E-state index is 12.0. The second-order valence-corrected chi connectivity index (χ2v) is 6.94. The average molecular weight is 412 g/mol. The van der Waals surface area contributed by atoms with Gasteiger partial charge in [-0.05, 0) is 38.0 Å². The summed E-state index contributed by atoms with van der Waals surface area (Å²) in [6.45, 7) is 3.58. The minimum atomic E-state index is -1.11. The summed E-state index contributed by atoms with van der Waals surface area (Å²) in [6, 6.07) is 7.32. The van der Waals surface area contributed by atoms with E-state index in [0.29, 0.717) is 6.61 Å². The molecule has 0 saturated heterocycles. The molecule has 0 amide bonds. The van der Waals surface area contributed by atoms with Gasteiger partial charge in [-0.15, -0.1) is 0 Å². The summed E-state index contributed by atoms with van der Waals surface area (Å²) in [5.74, 6) is -1.30. The van der Waals surface area contributed by atoms with Crippen LogP contribution in [0.5, 0.6) is 5.75 Å². The van der Waals surface area contributed by atoms with E-state index in [-0.39, 0.29) is 32.5 Å². The highest BCUT2D eigenvalue weighted by atomic mass is 16.5. The van der Waals surface area contributed by atoms with Crippen molar-refractivity contribution < 1.29 is 39.1 Å². The Morgan fingerprint density at radius 3 is 2.21 bits per heavy atom. The largest absolute Gasteiger partial charge is 0.497 e. The molecule has 8 nitrogen and oxygen atoms in total. The number of aliphatic hydroxyl groups excluding tert-OH is 3. The van der Waals surface area contributed by atoms with E-state index in [2.05, 4.69) is 0 Å². The molecule has 4 atom stereocenters. The van der Waals surface area contributed by atoms with E-state index in [9.17, 15) is 24.9 Å². The molecule has 8 heteroatoms. The summed E-state index contributed by atoms with van der Waals surface area (Å²) in [7, 11) is 1.58. The minimum Gasteiger partial charge on any atom is -0.497 e. The molecule has 0 bridgehead atoms. The fourth-order valence-electron chi connectivity index (χ4n) is 2.72. The Balaban J connectivity index is 2.28. The number of aliphatic hydroxyl groups is 3. The monoisotopic (exact) mass is 412 g/mol. The molecule has 0 heterocycles. The highest BCUT2D eigenvalue weighted by molar-refractivity contribution is 5.98. The zero-order valence-electron chi connectivity index (χ0n) is 17.2. The second-order valence-electron chi connectivity index (χ2n) is 6.94. The Bertz CT molecular complexity index is 616. The quantitative estimate of drug-likeness (QED) is 0.308. The van der Waals surface area contributed by atoms with Gasteiger partial charge in [0.25, 0.3) is 0 Å². The molecular weight excluding hydrogens is 380 g/mol. The summed E-state index contributed by atoms with van der Waals surface area (Å²) < 4.78 is 15.3. The van der Waals surface area contributed by atoms with Crippen molar-refractivity contribution in [1.82, 2.24) is 0 Å². The van der Waals surface area contributed by atoms with Crippen LogP contribution in [0, 0.1) is 5.92 Å². The van der Waals surface area contributed by atoms with Gasteiger partial charge in [0, 0.05) is 12.8 Å². The van der Waals surface area contributed by atoms with Gasteiger partial charge in [-0.2, -0.15) is 0 Å². The van der Waals surface area contributed by atoms with Crippen LogP contribution in [0.2, 0.25) is 0 Å². The SMILES string of the molecule is CCOC(=O)C(C)C(=O)C[C@H](O)C[C@H](O)C[C@H](O)COCc1ccc(OC)cc1. The number of benzene rings is 1. The van der Waals surface area contributed by atoms with Gasteiger partial charge < -0.3 is 29.5 Å². The molecule has 0 fully saturated rings. The van der Waals surface area contributed by atoms with Crippen molar-refractivity contribution in [2.75, 3.05) is 20.3 Å². The number of hydrogen-bond donors (Lipinski definition) is 3. The molecule has 164 valence electrons. The van der Waals surface area contributed by atoms with Crippen molar-refractivity contribution in [3.05, 3.63) is 29.8 Å². The molecule has 3 N–H and O–H groups in total. The van der Waals surface area contributed by atoms with Crippen molar-refractivity contribution in [1.29, 1.82) is 0 Å². The first-order chi connectivity index (χ1) is 13.8. The maximum Gasteiger partial charge on any atom is 0.316 e. The molecule has 0 radical (unpaired) electrons. The predicted molar refractivity (Wildman–Crippen MR) is 105 cm³/mol. The van der Waals surface area contributed by atoms with E-state index < -0.39 is 36.0 Å². The topological polar surface area (TPSA) is 123 Å². The lowest BCUT2D eigenvalue weighted by molar-refractivity contribution is -0.151. The van der Waals surface area contributed by atoms with Crippen LogP contribution in [-0.2, 0) is 25.7 Å². The Hall–Kier alpha value is -2.00. The van der Waals surface area contributed by atoms with Gasteiger partial charge in [0.05, 0.1) is 45.2 Å². The van der Waals surface area contributed by atoms with Crippen molar-refractivity contribution in [3.63, 3.8) is 0 Å². The standard InChI is InChI=1S/C21H32O8/c1-4-29-21(26)14(2)20(25)11-17(23)9-16(22)10-18(24)13-28-12-15-5-7-19(27-3)8-6-15/h5-8,14,16-18,22-24H,4,9-13H2,1-3H3/t14?,16-,17+,18-/m0/s1. The zero-order chi connectivity index (χ0) is 21.8. The Morgan fingerprint density at radius 2 is 1.62 bits per heavy atom. The van der Waals surface area contributed by atoms with Crippen LogP contribution in [0.15, 0.2) is 24.3 Å². The van der Waals surface area contributed by atoms with Crippen LogP contribution >= 0.6 is 0 Å². The summed E-state index contributed by atoms with van der Waals surface area (Å²) in [5.41, 5.74) is 0.920. The van der Waals surface area contributed by atoms with Crippen molar-refractivity contribution >= 4 is 11.8 Å². The Kier molecular flexibility index (Phi) is 11.5. The molecule has 1 unspecified atom stereocenters. The van der Waals surface area contributed by atoms with Gasteiger partial charge in [-0.1, -0.05) is 12.1 Å². The van der Waals surface area contributed by atoms with Gasteiger partial charge in [0.1, 0.15) is 17.5 Å². The molecule has 1 aromatic rings. The van der Waals surface area contributed by atoms with Crippen molar-refractivity contribution in [2.45, 2.75) is 58.0 Å². The van der Waals surface area contributed by atoms with Crippen molar-refractivity contribution in [2.24, 2.45) is 5.92 Å². The number of Topliss-reactive ketones (excluding diaryl/α,β-unsaturated/α-hetero) is 1. The number of carbonyl (C=O) groups is 2. The third-order valence-electron chi connectivity index (χ3n) is 4.39. The number of carbonyl (C=O) groups excluding carboxylic acids is 2. The van der Waals surface area contributed by atoms with Gasteiger partial charge in [-0.3, -0.25) is 9.59 Å². The third-order valence-corrected chi connectivity index (χ3v) is 4.39. The van der Waals surface area contributed by atoms with Crippen LogP contribution in [0.25, 0.3) is 0 Å². The van der Waals surface area contributed by atoms with Gasteiger partial charge in [-0.25, -0.2) is 0 Å². The van der Waals surface area contributed by atoms with Crippen LogP contribution in [0.4, 0.5) is 0 Å². The van der Waals surface area contributed by atoms with E-state index >= 15 is 0 Å². The number of rotatable bonds is 14. The summed E-state index contributed by atoms with van der Waals surface area (Å²) >= 11 is 0. The third kappa shape index (κ3) is 9.85. The summed E-state index contributed by atoms with van der Waals surface area (Å²) in [5, 5.41) is 30.0. The number of ether oxygens (including phenoxy) is 3. The highest BCUT2D eigenvalue weighted by Gasteiger charge is 2.26. The first kappa shape index (κ1) is 25.0. The fraction of sp³-hybridized carbons (Fsp3) is 0.619. The number of hydrogen-bond acceptors (Lipinski definition) is 8. The lowest BCUT2D eigenvalue weighted by atomic mass is 9.97. The number of esters is 1. The molecule has 0 spiro atoms. The van der Waals surface area contributed by atoms with Gasteiger partial charge in [0.15, 0.2) is 0 Å². The summed E-state index contributed by atoms with van der Waals surface area (Å²) in [6.07, 6.45) is -3.37. The molecule has 0 aliphatic carbocycles. The van der Waals surface area contributed by atoms with Gasteiger partial charge in [0.2, 0.25) is 0 Å². The molecule has 1 aromatic carbocycles. The first-order valence-electron chi connectivity index (χ1n) is 9.71. The average Bonchev–Trinajstić information content (AvgIpc) is 2.67. The van der Waals surface area contributed by atoms with E-state index in [1.54, 1.807) is 14.0 Å². The highest BCUT2D eigenvalue weighted by Crippen LogP contribution is 2.14. The lowest BCUT2D eigenvalue weighted by Gasteiger charge is -2.19. The Morgan fingerprint density at radius 1 is 1.00 bits per heavy atom. The van der Waals surface area contributed by atoms with E-state index in [0.717, 1.165) is 11.3 Å². The van der Waals surface area contributed by atoms with E-state index in [4.69, 9.17) is 14.2 Å². The van der Waals surface area contributed by atoms with Crippen LogP contribution < -0.4 is 4.74 Å². The normalized spacial score (nSPS) is 15.2. The first-order valence-corrected chi connectivity index (χ1v) is 9.71. The molecule has 29 heavy (non-hydrogen) atoms. The smallest absolute Gasteiger partial charge is 0.316 e. The molecule has 0 aromatic heterocycles. The van der Waals surface area contributed by atoms with Crippen LogP contribution in [-0.4, -0.2) is 65.7 Å². The fourth-order valence-corrected chi connectivity index (χ4v) is 2.72. The molecule has 1 rings (SSSR count). The predicted octanol–water partition coefficient (Wildman–Crippen LogP) is 1.23. The number of ketones is 1. The van der Waals surface area contributed by atoms with Gasteiger partial charge >= 0.3 is 5.97 Å². The minimum absolute atomic E-state index is 0.00128. The molecule has 0 saturated carbocycles. The lowest BCUT2D eigenvalue weighted by Crippen LogP contribution is -2.30. The molecular formula is C21H32O8. The van der Waals surface area contributed by atoms with Crippen LogP contribution in [0.1, 0.15) is 38.7 Å². The van der Waals surface area contributed by atoms with E-state index in [1.165, 1.54) is 6.92 Å².